The molecule has 0 saturated carbocycles. The highest BCUT2D eigenvalue weighted by atomic mass is 127. The van der Waals surface area contributed by atoms with Crippen molar-refractivity contribution >= 4 is 78.0 Å². The van der Waals surface area contributed by atoms with Crippen LogP contribution in [0.1, 0.15) is 52.7 Å². The lowest BCUT2D eigenvalue weighted by atomic mass is 9.81. The Morgan fingerprint density at radius 3 is 1.41 bits per heavy atom. The maximum absolute atomic E-state index is 8.58. The van der Waals surface area contributed by atoms with Crippen molar-refractivity contribution in [3.05, 3.63) is 160 Å². The topological polar surface area (TPSA) is 66.2 Å². The fourth-order valence-corrected chi connectivity index (χ4v) is 8.85. The fourth-order valence-electron chi connectivity index (χ4n) is 5.98. The predicted molar refractivity (Wildman–Crippen MR) is 242 cm³/mol. The van der Waals surface area contributed by atoms with Crippen molar-refractivity contribution in [1.82, 2.24) is 9.97 Å². The molecule has 0 amide bonds. The Bertz CT molecular complexity index is 2430. The smallest absolute Gasteiger partial charge is 0.423 e. The van der Waals surface area contributed by atoms with Gasteiger partial charge in [-0.3, -0.25) is 9.97 Å². The third-order valence-corrected chi connectivity index (χ3v) is 12.1. The molecule has 4 heterocycles. The van der Waals surface area contributed by atoms with E-state index in [9.17, 15) is 0 Å². The van der Waals surface area contributed by atoms with Gasteiger partial charge < -0.3 is 10.0 Å². The number of fused-ring (bicyclic) bond motifs is 2. The second-order valence-electron chi connectivity index (χ2n) is 15.1. The van der Waals surface area contributed by atoms with Gasteiger partial charge in [0.2, 0.25) is 0 Å². The maximum atomic E-state index is 8.58. The van der Waals surface area contributed by atoms with Crippen molar-refractivity contribution in [2.75, 3.05) is 0 Å². The number of pyridine rings is 2. The van der Waals surface area contributed by atoms with Crippen LogP contribution in [0.5, 0.6) is 0 Å². The summed E-state index contributed by atoms with van der Waals surface area (Å²) in [5.41, 5.74) is 9.37. The summed E-state index contributed by atoms with van der Waals surface area (Å²) in [6.45, 7) is 13.4. The summed E-state index contributed by atoms with van der Waals surface area (Å²) in [6, 6.07) is 45.6. The van der Waals surface area contributed by atoms with Crippen molar-refractivity contribution < 1.29 is 10.0 Å². The molecule has 8 heteroatoms. The first-order valence-electron chi connectivity index (χ1n) is 17.9. The van der Waals surface area contributed by atoms with Crippen LogP contribution >= 0.6 is 45.3 Å². The van der Waals surface area contributed by atoms with Crippen LogP contribution in [0.4, 0.5) is 0 Å². The molecule has 0 unspecified atom stereocenters. The second kappa shape index (κ2) is 17.1. The molecule has 0 radical (unpaired) electrons. The molecule has 0 aliphatic rings. The normalized spacial score (nSPS) is 11.4. The zero-order chi connectivity index (χ0) is 38.5. The number of halogens is 1. The van der Waals surface area contributed by atoms with Gasteiger partial charge in [0.1, 0.15) is 0 Å². The van der Waals surface area contributed by atoms with Gasteiger partial charge in [-0.1, -0.05) is 151 Å². The average Bonchev–Trinajstić information content (AvgIpc) is 3.79. The Balaban J connectivity index is 0.000000153. The van der Waals surface area contributed by atoms with Crippen molar-refractivity contribution in [3.63, 3.8) is 0 Å². The minimum absolute atomic E-state index is 0.167. The average molecular weight is 859 g/mol. The molecular formula is C46H44BIN2O2S2. The molecule has 0 fully saturated rings. The molecule has 0 saturated heterocycles. The highest BCUT2D eigenvalue weighted by Crippen LogP contribution is 2.38. The van der Waals surface area contributed by atoms with Crippen LogP contribution in [0.2, 0.25) is 0 Å². The van der Waals surface area contributed by atoms with E-state index in [4.69, 9.17) is 10.0 Å². The molecule has 8 aromatic rings. The van der Waals surface area contributed by atoms with Gasteiger partial charge in [-0.2, -0.15) is 0 Å². The molecular weight excluding hydrogens is 814 g/mol. The van der Waals surface area contributed by atoms with Crippen LogP contribution in [-0.2, 0) is 10.8 Å². The van der Waals surface area contributed by atoms with Crippen molar-refractivity contribution in [1.29, 1.82) is 0 Å². The lowest BCUT2D eigenvalue weighted by Gasteiger charge is -2.19. The fraction of sp³-hybridized carbons (Fsp3) is 0.174. The summed E-state index contributed by atoms with van der Waals surface area (Å²) in [7, 11) is -1.34. The molecule has 0 bridgehead atoms. The zero-order valence-corrected chi connectivity index (χ0v) is 35.2. The summed E-state index contributed by atoms with van der Waals surface area (Å²) >= 11 is 6.02. The zero-order valence-electron chi connectivity index (χ0n) is 31.4. The number of rotatable bonds is 4. The van der Waals surface area contributed by atoms with E-state index < -0.39 is 7.12 Å². The number of hydrogen-bond acceptors (Lipinski definition) is 6. The standard InChI is InChI=1S/C23H21NS.C17H16INS.C6H7BO2/c1-23(2,3)18-11-9-17(10-12-18)22-19-15-21(16-7-5-4-6-8-16)25-20(19)13-14-24-22;1-17(2,3)12-6-4-11(5-7-12)16-13-10-15(18)20-14(13)8-9-19-16;8-7(9)6-4-2-1-3-5-6/h4-15H,1-3H3;4-10H,1-3H3;1-5,8-9H. The van der Waals surface area contributed by atoms with Crippen molar-refractivity contribution in [2.24, 2.45) is 0 Å². The SMILES string of the molecule is CC(C)(C)c1ccc(-c2nccc3sc(-c4ccccc4)cc23)cc1.CC(C)(C)c1ccc(-c2nccc3sc(I)cc23)cc1.OB(O)c1ccccc1. The summed E-state index contributed by atoms with van der Waals surface area (Å²) in [5.74, 6) is 0. The Hall–Kier alpha value is -4.19. The maximum Gasteiger partial charge on any atom is 0.488 e. The molecule has 4 aromatic heterocycles. The quantitative estimate of drug-likeness (QED) is 0.137. The van der Waals surface area contributed by atoms with Gasteiger partial charge in [0.15, 0.2) is 0 Å². The molecule has 0 aliphatic heterocycles. The summed E-state index contributed by atoms with van der Waals surface area (Å²) < 4.78 is 3.89. The number of benzene rings is 4. The minimum atomic E-state index is -1.34. The Morgan fingerprint density at radius 2 is 0.963 bits per heavy atom. The molecule has 4 aromatic carbocycles. The van der Waals surface area contributed by atoms with Crippen molar-refractivity contribution in [3.8, 4) is 33.0 Å². The lowest BCUT2D eigenvalue weighted by Crippen LogP contribution is -2.29. The van der Waals surface area contributed by atoms with Gasteiger partial charge in [-0.25, -0.2) is 0 Å². The van der Waals surface area contributed by atoms with E-state index in [1.807, 2.05) is 41.1 Å². The third kappa shape index (κ3) is 9.72. The first kappa shape index (κ1) is 39.5. The largest absolute Gasteiger partial charge is 0.488 e. The second-order valence-corrected chi connectivity index (χ2v) is 19.2. The minimum Gasteiger partial charge on any atom is -0.423 e. The van der Waals surface area contributed by atoms with Gasteiger partial charge >= 0.3 is 7.12 Å². The Labute approximate surface area is 340 Å². The molecule has 0 spiro atoms. The summed E-state index contributed by atoms with van der Waals surface area (Å²) in [6.07, 6.45) is 3.82. The van der Waals surface area contributed by atoms with Crippen LogP contribution in [0.15, 0.2) is 146 Å². The molecule has 0 atom stereocenters. The van der Waals surface area contributed by atoms with Crippen LogP contribution in [0.25, 0.3) is 53.1 Å². The van der Waals surface area contributed by atoms with E-state index >= 15 is 0 Å². The van der Waals surface area contributed by atoms with Gasteiger partial charge in [0.25, 0.3) is 0 Å². The molecule has 54 heavy (non-hydrogen) atoms. The number of thiophene rings is 2. The number of hydrogen-bond donors (Lipinski definition) is 2. The van der Waals surface area contributed by atoms with E-state index in [1.54, 1.807) is 24.3 Å². The monoisotopic (exact) mass is 858 g/mol. The highest BCUT2D eigenvalue weighted by molar-refractivity contribution is 14.1. The predicted octanol–water partition coefficient (Wildman–Crippen LogP) is 12.2. The van der Waals surface area contributed by atoms with Crippen LogP contribution < -0.4 is 5.46 Å². The van der Waals surface area contributed by atoms with Gasteiger partial charge in [0, 0.05) is 48.6 Å². The van der Waals surface area contributed by atoms with Gasteiger partial charge in [-0.05, 0) is 79.8 Å². The molecule has 0 aliphatic carbocycles. The van der Waals surface area contributed by atoms with E-state index in [-0.39, 0.29) is 10.8 Å². The molecule has 8 rings (SSSR count). The van der Waals surface area contributed by atoms with E-state index in [1.165, 1.54) is 55.8 Å². The lowest BCUT2D eigenvalue weighted by molar-refractivity contribution is 0.426. The Morgan fingerprint density at radius 1 is 0.519 bits per heavy atom. The first-order chi connectivity index (χ1) is 25.8. The summed E-state index contributed by atoms with van der Waals surface area (Å²) in [5, 5.41) is 19.6. The molecule has 4 nitrogen and oxygen atoms in total. The number of aromatic nitrogens is 2. The van der Waals surface area contributed by atoms with E-state index in [0.29, 0.717) is 5.46 Å². The van der Waals surface area contributed by atoms with E-state index in [0.717, 1.165) is 11.4 Å². The van der Waals surface area contributed by atoms with Gasteiger partial charge in [0.05, 0.1) is 14.3 Å². The first-order valence-corrected chi connectivity index (χ1v) is 20.6. The van der Waals surface area contributed by atoms with Crippen LogP contribution in [0.3, 0.4) is 0 Å². The van der Waals surface area contributed by atoms with Crippen LogP contribution in [0, 0.1) is 2.88 Å². The highest BCUT2D eigenvalue weighted by Gasteiger charge is 2.16. The third-order valence-electron chi connectivity index (χ3n) is 9.07. The van der Waals surface area contributed by atoms with Gasteiger partial charge in [-0.15, -0.1) is 22.7 Å². The van der Waals surface area contributed by atoms with Crippen molar-refractivity contribution in [2.45, 2.75) is 52.4 Å². The Kier molecular flexibility index (Phi) is 12.5. The van der Waals surface area contributed by atoms with Crippen LogP contribution in [-0.4, -0.2) is 27.1 Å². The number of nitrogens with zero attached hydrogens (tertiary/aromatic N) is 2. The summed E-state index contributed by atoms with van der Waals surface area (Å²) in [4.78, 5) is 10.6. The van der Waals surface area contributed by atoms with E-state index in [2.05, 4.69) is 177 Å². The molecule has 2 N–H and O–H groups in total. The molecule has 272 valence electrons.